The number of nitrogens with one attached hydrogen (secondary N) is 1. The van der Waals surface area contributed by atoms with Crippen LogP contribution in [-0.4, -0.2) is 9.38 Å². The van der Waals surface area contributed by atoms with Crippen molar-refractivity contribution in [3.8, 4) is 0 Å². The first-order valence-corrected chi connectivity index (χ1v) is 3.65. The van der Waals surface area contributed by atoms with Crippen LogP contribution in [0.5, 0.6) is 0 Å². The van der Waals surface area contributed by atoms with E-state index in [-0.39, 0.29) is 0 Å². The molecule has 2 rings (SSSR count). The maximum atomic E-state index is 6.71. The minimum absolute atomic E-state index is 0.434. The van der Waals surface area contributed by atoms with Crippen molar-refractivity contribution in [2.45, 2.75) is 6.54 Å². The average Bonchev–Trinajstić information content (AvgIpc) is 2.51. The Hall–Kier alpha value is -1.71. The molecule has 0 aliphatic rings. The first kappa shape index (κ1) is 6.97. The van der Waals surface area contributed by atoms with E-state index in [1.54, 1.807) is 6.20 Å². The summed E-state index contributed by atoms with van der Waals surface area (Å²) in [5.74, 6) is 0. The summed E-state index contributed by atoms with van der Waals surface area (Å²) < 4.78 is 1.92. The summed E-state index contributed by atoms with van der Waals surface area (Å²) >= 11 is 0. The number of rotatable bonds is 2. The topological polar surface area (TPSA) is 53.5 Å². The Morgan fingerprint density at radius 1 is 1.50 bits per heavy atom. The third-order valence-electron chi connectivity index (χ3n) is 1.72. The number of fused-ring (bicyclic) bond motifs is 1. The van der Waals surface area contributed by atoms with Crippen LogP contribution in [0.1, 0.15) is 5.56 Å². The van der Waals surface area contributed by atoms with Crippen molar-refractivity contribution in [3.63, 3.8) is 0 Å². The average molecular weight is 160 g/mol. The molecule has 0 fully saturated rings. The van der Waals surface area contributed by atoms with Gasteiger partial charge in [0.15, 0.2) is 0 Å². The molecular weight excluding hydrogens is 152 g/mol. The fourth-order valence-electron chi connectivity index (χ4n) is 1.14. The van der Waals surface area contributed by atoms with Gasteiger partial charge >= 0.3 is 0 Å². The highest BCUT2D eigenvalue weighted by molar-refractivity contribution is 5.41. The molecular formula is C8H8N4. The largest absolute Gasteiger partial charge is 0.307 e. The summed E-state index contributed by atoms with van der Waals surface area (Å²) in [6.07, 6.45) is 5.55. The van der Waals surface area contributed by atoms with Crippen molar-refractivity contribution < 1.29 is 0 Å². The van der Waals surface area contributed by atoms with Crippen LogP contribution in [0.15, 0.2) is 35.8 Å². The van der Waals surface area contributed by atoms with Crippen LogP contribution in [0.3, 0.4) is 0 Å². The molecule has 2 aromatic heterocycles. The second kappa shape index (κ2) is 2.73. The zero-order chi connectivity index (χ0) is 8.39. The summed E-state index contributed by atoms with van der Waals surface area (Å²) in [6, 6.07) is 3.87. The summed E-state index contributed by atoms with van der Waals surface area (Å²) in [4.78, 5) is 4.12. The molecule has 0 spiro atoms. The van der Waals surface area contributed by atoms with E-state index in [2.05, 4.69) is 10.1 Å². The van der Waals surface area contributed by atoms with Gasteiger partial charge in [-0.2, -0.15) is 5.11 Å². The third kappa shape index (κ3) is 1.07. The van der Waals surface area contributed by atoms with Crippen molar-refractivity contribution in [1.82, 2.24) is 9.38 Å². The molecule has 60 valence electrons. The lowest BCUT2D eigenvalue weighted by molar-refractivity contribution is 0.904. The molecule has 0 aromatic carbocycles. The Kier molecular flexibility index (Phi) is 1.59. The molecule has 4 heteroatoms. The molecule has 0 saturated heterocycles. The lowest BCUT2D eigenvalue weighted by Gasteiger charge is -1.96. The SMILES string of the molecule is N=NCc1ccn2ccnc2c1. The van der Waals surface area contributed by atoms with Crippen LogP contribution in [0.4, 0.5) is 0 Å². The Balaban J connectivity index is 2.52. The molecule has 1 N–H and O–H groups in total. The Morgan fingerprint density at radius 2 is 2.42 bits per heavy atom. The Bertz CT molecular complexity index is 404. The second-order valence-electron chi connectivity index (χ2n) is 2.54. The molecule has 0 aliphatic carbocycles. The van der Waals surface area contributed by atoms with Gasteiger partial charge in [0.1, 0.15) is 5.65 Å². The van der Waals surface area contributed by atoms with Crippen LogP contribution in [0, 0.1) is 5.53 Å². The molecule has 4 nitrogen and oxygen atoms in total. The number of aromatic nitrogens is 2. The molecule has 0 aliphatic heterocycles. The molecule has 0 amide bonds. The van der Waals surface area contributed by atoms with Gasteiger partial charge in [0, 0.05) is 18.6 Å². The van der Waals surface area contributed by atoms with Gasteiger partial charge in [0.25, 0.3) is 0 Å². The van der Waals surface area contributed by atoms with E-state index < -0.39 is 0 Å². The maximum absolute atomic E-state index is 6.71. The summed E-state index contributed by atoms with van der Waals surface area (Å²) in [5.41, 5.74) is 8.63. The van der Waals surface area contributed by atoms with Gasteiger partial charge in [0.05, 0.1) is 6.54 Å². The predicted molar refractivity (Wildman–Crippen MR) is 44.0 cm³/mol. The summed E-state index contributed by atoms with van der Waals surface area (Å²) in [7, 11) is 0. The van der Waals surface area contributed by atoms with Gasteiger partial charge in [-0.25, -0.2) is 10.5 Å². The molecule has 0 saturated carbocycles. The summed E-state index contributed by atoms with van der Waals surface area (Å²) in [6.45, 7) is 0.434. The first-order chi connectivity index (χ1) is 5.90. The molecule has 2 heterocycles. The van der Waals surface area contributed by atoms with Crippen LogP contribution in [0.2, 0.25) is 0 Å². The minimum atomic E-state index is 0.434. The number of hydrogen-bond acceptors (Lipinski definition) is 3. The van der Waals surface area contributed by atoms with E-state index in [1.807, 2.05) is 28.9 Å². The van der Waals surface area contributed by atoms with E-state index in [0.717, 1.165) is 11.2 Å². The zero-order valence-corrected chi connectivity index (χ0v) is 6.44. The number of pyridine rings is 1. The number of hydrogen-bond donors (Lipinski definition) is 1. The van der Waals surface area contributed by atoms with Gasteiger partial charge in [-0.05, 0) is 17.7 Å². The molecule has 0 unspecified atom stereocenters. The van der Waals surface area contributed by atoms with Gasteiger partial charge < -0.3 is 4.40 Å². The van der Waals surface area contributed by atoms with Crippen LogP contribution >= 0.6 is 0 Å². The van der Waals surface area contributed by atoms with E-state index in [9.17, 15) is 0 Å². The van der Waals surface area contributed by atoms with Crippen molar-refractivity contribution in [2.75, 3.05) is 0 Å². The fraction of sp³-hybridized carbons (Fsp3) is 0.125. The van der Waals surface area contributed by atoms with Gasteiger partial charge in [-0.15, -0.1) is 0 Å². The predicted octanol–water partition coefficient (Wildman–Crippen LogP) is 1.87. The van der Waals surface area contributed by atoms with Crippen molar-refractivity contribution in [2.24, 2.45) is 5.11 Å². The lowest BCUT2D eigenvalue weighted by atomic mass is 10.3. The molecule has 12 heavy (non-hydrogen) atoms. The highest BCUT2D eigenvalue weighted by Crippen LogP contribution is 2.05. The molecule has 2 aromatic rings. The minimum Gasteiger partial charge on any atom is -0.307 e. The Labute approximate surface area is 69.4 Å². The van der Waals surface area contributed by atoms with Gasteiger partial charge in [-0.1, -0.05) is 0 Å². The highest BCUT2D eigenvalue weighted by atomic mass is 15.0. The normalized spacial score (nSPS) is 10.3. The molecule has 0 atom stereocenters. The Morgan fingerprint density at radius 3 is 3.25 bits per heavy atom. The quantitative estimate of drug-likeness (QED) is 0.670. The molecule has 0 radical (unpaired) electrons. The van der Waals surface area contributed by atoms with Gasteiger partial charge in [-0.3, -0.25) is 0 Å². The monoisotopic (exact) mass is 160 g/mol. The standard InChI is InChI=1S/C8H8N4/c9-11-6-7-1-3-12-4-2-10-8(12)5-7/h1-5,9H,6H2. The van der Waals surface area contributed by atoms with Crippen molar-refractivity contribution in [1.29, 1.82) is 5.53 Å². The number of nitrogens with zero attached hydrogens (tertiary/aromatic N) is 3. The van der Waals surface area contributed by atoms with Gasteiger partial charge in [0.2, 0.25) is 0 Å². The zero-order valence-electron chi connectivity index (χ0n) is 6.44. The van der Waals surface area contributed by atoms with Crippen molar-refractivity contribution in [3.05, 3.63) is 36.3 Å². The summed E-state index contributed by atoms with van der Waals surface area (Å²) in [5, 5.41) is 3.31. The van der Waals surface area contributed by atoms with E-state index >= 15 is 0 Å². The first-order valence-electron chi connectivity index (χ1n) is 3.65. The van der Waals surface area contributed by atoms with Crippen LogP contribution in [-0.2, 0) is 6.54 Å². The van der Waals surface area contributed by atoms with E-state index in [0.29, 0.717) is 6.54 Å². The van der Waals surface area contributed by atoms with E-state index in [1.165, 1.54) is 0 Å². The maximum Gasteiger partial charge on any atom is 0.136 e. The second-order valence-corrected chi connectivity index (χ2v) is 2.54. The van der Waals surface area contributed by atoms with Crippen LogP contribution in [0.25, 0.3) is 5.65 Å². The fourth-order valence-corrected chi connectivity index (χ4v) is 1.14. The van der Waals surface area contributed by atoms with Crippen LogP contribution < -0.4 is 0 Å². The smallest absolute Gasteiger partial charge is 0.136 e. The highest BCUT2D eigenvalue weighted by Gasteiger charge is 1.94. The number of imidazole rings is 1. The van der Waals surface area contributed by atoms with Crippen molar-refractivity contribution >= 4 is 5.65 Å². The van der Waals surface area contributed by atoms with E-state index in [4.69, 9.17) is 5.53 Å². The lowest BCUT2D eigenvalue weighted by Crippen LogP contribution is -1.86. The molecule has 0 bridgehead atoms. The third-order valence-corrected chi connectivity index (χ3v) is 1.72.